The normalized spacial score (nSPS) is 16.1. The first-order chi connectivity index (χ1) is 13.6. The van der Waals surface area contributed by atoms with E-state index in [0.29, 0.717) is 12.2 Å². The van der Waals surface area contributed by atoms with Gasteiger partial charge in [-0.25, -0.2) is 4.79 Å². The molecule has 3 amide bonds. The number of carboxylic acids is 1. The highest BCUT2D eigenvalue weighted by atomic mass is 32.2. The van der Waals surface area contributed by atoms with Crippen molar-refractivity contribution in [1.82, 2.24) is 16.0 Å². The summed E-state index contributed by atoms with van der Waals surface area (Å²) in [6.45, 7) is 2.10. The number of aliphatic hydroxyl groups is 2. The predicted octanol–water partition coefficient (Wildman–Crippen LogP) is -2.36. The van der Waals surface area contributed by atoms with Gasteiger partial charge in [-0.2, -0.15) is 11.8 Å². The largest absolute Gasteiger partial charge is 0.480 e. The molecule has 0 rings (SSSR count). The molecule has 11 nitrogen and oxygen atoms in total. The Balaban J connectivity index is 5.25. The Labute approximate surface area is 174 Å². The fraction of sp³-hybridized carbons (Fsp3) is 0.765. The van der Waals surface area contributed by atoms with Crippen molar-refractivity contribution in [1.29, 1.82) is 0 Å². The summed E-state index contributed by atoms with van der Waals surface area (Å²) in [6, 6.07) is -4.82. The average Bonchev–Trinajstić information content (AvgIpc) is 2.70. The standard InChI is InChI=1S/C17H32N4O7S/c1-4-9(2)13(16(26)19-11(17(27)28)5-6-29-3)21-15(25)12(8-23)20-14(24)10(18)7-22/h9-13,22-23H,4-8,18H2,1-3H3,(H,19,26)(H,20,24)(H,21,25)(H,27,28). The number of nitrogens with one attached hydrogen (secondary N) is 3. The van der Waals surface area contributed by atoms with Crippen molar-refractivity contribution in [3.8, 4) is 0 Å². The van der Waals surface area contributed by atoms with Gasteiger partial charge in [0.05, 0.1) is 13.2 Å². The van der Waals surface area contributed by atoms with Crippen LogP contribution in [0.5, 0.6) is 0 Å². The number of carboxylic acid groups (broad SMARTS) is 1. The minimum Gasteiger partial charge on any atom is -0.480 e. The first-order valence-electron chi connectivity index (χ1n) is 9.22. The molecular weight excluding hydrogens is 404 g/mol. The van der Waals surface area contributed by atoms with Crippen LogP contribution in [-0.2, 0) is 19.2 Å². The molecule has 168 valence electrons. The molecule has 0 aliphatic heterocycles. The number of carbonyl (C=O) groups is 4. The van der Waals surface area contributed by atoms with Crippen LogP contribution in [0.3, 0.4) is 0 Å². The molecule has 29 heavy (non-hydrogen) atoms. The topological polar surface area (TPSA) is 191 Å². The molecule has 0 aromatic carbocycles. The third kappa shape index (κ3) is 9.43. The number of nitrogens with two attached hydrogens (primary N) is 1. The summed E-state index contributed by atoms with van der Waals surface area (Å²) in [4.78, 5) is 48.2. The number of aliphatic hydroxyl groups excluding tert-OH is 2. The lowest BCUT2D eigenvalue weighted by Gasteiger charge is -2.27. The Morgan fingerprint density at radius 3 is 2.00 bits per heavy atom. The van der Waals surface area contributed by atoms with Crippen molar-refractivity contribution in [3.05, 3.63) is 0 Å². The number of hydrogen-bond acceptors (Lipinski definition) is 8. The maximum Gasteiger partial charge on any atom is 0.326 e. The maximum atomic E-state index is 12.6. The van der Waals surface area contributed by atoms with Gasteiger partial charge < -0.3 is 37.0 Å². The summed E-state index contributed by atoms with van der Waals surface area (Å²) in [5, 5.41) is 34.7. The second kappa shape index (κ2) is 14.1. The van der Waals surface area contributed by atoms with Gasteiger partial charge in [0.1, 0.15) is 24.2 Å². The van der Waals surface area contributed by atoms with E-state index in [2.05, 4.69) is 16.0 Å². The fourth-order valence-corrected chi connectivity index (χ4v) is 2.74. The quantitative estimate of drug-likeness (QED) is 0.156. The zero-order valence-corrected chi connectivity index (χ0v) is 17.7. The molecule has 0 spiro atoms. The Bertz CT molecular complexity index is 564. The first kappa shape index (κ1) is 27.1. The molecule has 12 heteroatoms. The van der Waals surface area contributed by atoms with Gasteiger partial charge in [0.25, 0.3) is 0 Å². The van der Waals surface area contributed by atoms with E-state index >= 15 is 0 Å². The smallest absolute Gasteiger partial charge is 0.326 e. The summed E-state index contributed by atoms with van der Waals surface area (Å²) in [7, 11) is 0. The van der Waals surface area contributed by atoms with Gasteiger partial charge in [-0.05, 0) is 24.3 Å². The molecule has 0 bridgehead atoms. The first-order valence-corrected chi connectivity index (χ1v) is 10.6. The third-order valence-electron chi connectivity index (χ3n) is 4.37. The van der Waals surface area contributed by atoms with E-state index in [1.54, 1.807) is 13.8 Å². The Kier molecular flexibility index (Phi) is 13.2. The SMILES string of the molecule is CCC(C)C(NC(=O)C(CO)NC(=O)C(N)CO)C(=O)NC(CCSC)C(=O)O. The van der Waals surface area contributed by atoms with Crippen LogP contribution in [0.15, 0.2) is 0 Å². The minimum atomic E-state index is -1.38. The summed E-state index contributed by atoms with van der Waals surface area (Å²) in [6.07, 6.45) is 2.54. The number of carbonyl (C=O) groups excluding carboxylic acids is 3. The van der Waals surface area contributed by atoms with Gasteiger partial charge in [-0.1, -0.05) is 20.3 Å². The van der Waals surface area contributed by atoms with E-state index in [0.717, 1.165) is 0 Å². The number of hydrogen-bond donors (Lipinski definition) is 7. The lowest BCUT2D eigenvalue weighted by Crippen LogP contribution is -2.59. The van der Waals surface area contributed by atoms with E-state index < -0.39 is 61.1 Å². The number of thioether (sulfide) groups is 1. The van der Waals surface area contributed by atoms with E-state index in [9.17, 15) is 29.4 Å². The van der Waals surface area contributed by atoms with E-state index in [4.69, 9.17) is 10.8 Å². The molecule has 0 aliphatic rings. The van der Waals surface area contributed by atoms with Gasteiger partial charge in [0, 0.05) is 0 Å². The van der Waals surface area contributed by atoms with Gasteiger partial charge in [-0.3, -0.25) is 14.4 Å². The zero-order chi connectivity index (χ0) is 22.6. The van der Waals surface area contributed by atoms with Crippen LogP contribution < -0.4 is 21.7 Å². The van der Waals surface area contributed by atoms with Crippen molar-refractivity contribution in [2.45, 2.75) is 50.9 Å². The lowest BCUT2D eigenvalue weighted by molar-refractivity contribution is -0.142. The van der Waals surface area contributed by atoms with Crippen LogP contribution in [0.1, 0.15) is 26.7 Å². The Morgan fingerprint density at radius 1 is 0.966 bits per heavy atom. The average molecular weight is 437 g/mol. The fourth-order valence-electron chi connectivity index (χ4n) is 2.27. The molecule has 5 unspecified atom stereocenters. The maximum absolute atomic E-state index is 12.6. The molecule has 0 heterocycles. The van der Waals surface area contributed by atoms with Crippen LogP contribution in [-0.4, -0.2) is 88.4 Å². The van der Waals surface area contributed by atoms with Crippen molar-refractivity contribution in [3.63, 3.8) is 0 Å². The minimum absolute atomic E-state index is 0.220. The second-order valence-corrected chi connectivity index (χ2v) is 7.57. The monoisotopic (exact) mass is 436 g/mol. The highest BCUT2D eigenvalue weighted by molar-refractivity contribution is 7.98. The van der Waals surface area contributed by atoms with Gasteiger partial charge >= 0.3 is 5.97 Å². The van der Waals surface area contributed by atoms with Crippen LogP contribution in [0.25, 0.3) is 0 Å². The van der Waals surface area contributed by atoms with Gasteiger partial charge in [0.2, 0.25) is 17.7 Å². The molecule has 5 atom stereocenters. The van der Waals surface area contributed by atoms with Crippen molar-refractivity contribution in [2.75, 3.05) is 25.2 Å². The van der Waals surface area contributed by atoms with Crippen LogP contribution in [0.2, 0.25) is 0 Å². The van der Waals surface area contributed by atoms with E-state index in [-0.39, 0.29) is 12.3 Å². The van der Waals surface area contributed by atoms with E-state index in [1.165, 1.54) is 11.8 Å². The molecular formula is C17H32N4O7S. The van der Waals surface area contributed by atoms with Crippen molar-refractivity contribution < 1.29 is 34.5 Å². The van der Waals surface area contributed by atoms with Crippen LogP contribution in [0, 0.1) is 5.92 Å². The molecule has 0 aromatic rings. The highest BCUT2D eigenvalue weighted by Gasteiger charge is 2.32. The lowest BCUT2D eigenvalue weighted by atomic mass is 9.97. The van der Waals surface area contributed by atoms with Crippen molar-refractivity contribution in [2.24, 2.45) is 11.7 Å². The second-order valence-electron chi connectivity index (χ2n) is 6.59. The molecule has 8 N–H and O–H groups in total. The van der Waals surface area contributed by atoms with Gasteiger partial charge in [0.15, 0.2) is 0 Å². The number of rotatable bonds is 14. The molecule has 0 fully saturated rings. The Hall–Kier alpha value is -1.89. The highest BCUT2D eigenvalue weighted by Crippen LogP contribution is 2.10. The Morgan fingerprint density at radius 2 is 1.55 bits per heavy atom. The number of aliphatic carboxylic acids is 1. The summed E-state index contributed by atoms with van der Waals surface area (Å²) in [5.41, 5.74) is 5.37. The summed E-state index contributed by atoms with van der Waals surface area (Å²) < 4.78 is 0. The zero-order valence-electron chi connectivity index (χ0n) is 16.9. The van der Waals surface area contributed by atoms with E-state index in [1.807, 2.05) is 6.26 Å². The number of amides is 3. The predicted molar refractivity (Wildman–Crippen MR) is 108 cm³/mol. The summed E-state index contributed by atoms with van der Waals surface area (Å²) >= 11 is 1.44. The van der Waals surface area contributed by atoms with Crippen molar-refractivity contribution >= 4 is 35.5 Å². The molecule has 0 radical (unpaired) electrons. The van der Waals surface area contributed by atoms with Gasteiger partial charge in [-0.15, -0.1) is 0 Å². The molecule has 0 aromatic heterocycles. The third-order valence-corrected chi connectivity index (χ3v) is 5.01. The molecule has 0 saturated carbocycles. The van der Waals surface area contributed by atoms with Crippen LogP contribution >= 0.6 is 11.8 Å². The molecule has 0 saturated heterocycles. The van der Waals surface area contributed by atoms with Crippen LogP contribution in [0.4, 0.5) is 0 Å². The molecule has 0 aliphatic carbocycles. The summed E-state index contributed by atoms with van der Waals surface area (Å²) in [5.74, 6) is -3.34.